The molecule has 9 heteroatoms. The number of carboxylic acid groups (broad SMARTS) is 1. The molecule has 0 aliphatic heterocycles. The maximum atomic E-state index is 13.9. The van der Waals surface area contributed by atoms with Crippen molar-refractivity contribution in [3.8, 4) is 5.69 Å². The predicted molar refractivity (Wildman–Crippen MR) is 141 cm³/mol. The number of rotatable bonds is 10. The second kappa shape index (κ2) is 11.9. The molecule has 0 spiro atoms. The third-order valence-corrected chi connectivity index (χ3v) is 8.41. The minimum absolute atomic E-state index is 0.0509. The maximum absolute atomic E-state index is 13.9. The van der Waals surface area contributed by atoms with Crippen molar-refractivity contribution in [2.75, 3.05) is 12.3 Å². The van der Waals surface area contributed by atoms with E-state index in [4.69, 9.17) is 10.1 Å². The van der Waals surface area contributed by atoms with E-state index in [1.807, 2.05) is 31.2 Å². The van der Waals surface area contributed by atoms with E-state index in [9.17, 15) is 14.4 Å². The molecule has 0 atom stereocenters. The van der Waals surface area contributed by atoms with Crippen molar-refractivity contribution >= 4 is 45.2 Å². The number of hydrogen-bond donors (Lipinski definition) is 2. The Balaban J connectivity index is 1.57. The largest absolute Gasteiger partial charge is 0.481 e. The third kappa shape index (κ3) is 6.13. The molecule has 0 saturated heterocycles. The van der Waals surface area contributed by atoms with Gasteiger partial charge in [0.25, 0.3) is 5.56 Å². The zero-order valence-electron chi connectivity index (χ0n) is 20.0. The van der Waals surface area contributed by atoms with Crippen molar-refractivity contribution in [2.45, 2.75) is 69.9 Å². The van der Waals surface area contributed by atoms with Crippen molar-refractivity contribution in [3.05, 3.63) is 50.6 Å². The fourth-order valence-corrected chi connectivity index (χ4v) is 6.61. The molecular formula is C26H31N3O4S2. The number of nitrogens with zero attached hydrogens (tertiary/aromatic N) is 2. The lowest BCUT2D eigenvalue weighted by molar-refractivity contribution is -0.137. The number of nitrogens with one attached hydrogen (secondary N) is 1. The number of unbranched alkanes of at least 4 members (excludes halogenated alkanes) is 2. The number of para-hydroxylation sites is 1. The Morgan fingerprint density at radius 1 is 1.14 bits per heavy atom. The number of hydrogen-bond acceptors (Lipinski definition) is 6. The topological polar surface area (TPSA) is 101 Å². The van der Waals surface area contributed by atoms with Crippen molar-refractivity contribution < 1.29 is 14.7 Å². The van der Waals surface area contributed by atoms with Gasteiger partial charge in [-0.1, -0.05) is 42.8 Å². The first-order valence-corrected chi connectivity index (χ1v) is 14.0. The van der Waals surface area contributed by atoms with Crippen molar-refractivity contribution in [2.24, 2.45) is 0 Å². The van der Waals surface area contributed by atoms with Crippen LogP contribution in [-0.2, 0) is 22.4 Å². The van der Waals surface area contributed by atoms with Gasteiger partial charge < -0.3 is 10.4 Å². The molecule has 2 aromatic heterocycles. The number of carbonyl (C=O) groups excluding carboxylic acids is 1. The molecule has 0 saturated carbocycles. The third-order valence-electron chi connectivity index (χ3n) is 6.29. The highest BCUT2D eigenvalue weighted by atomic mass is 32.2. The van der Waals surface area contributed by atoms with Gasteiger partial charge in [0.15, 0.2) is 5.16 Å². The number of aryl methyl sites for hydroxylation is 3. The van der Waals surface area contributed by atoms with E-state index in [1.165, 1.54) is 28.6 Å². The molecule has 1 aliphatic rings. The Kier molecular flexibility index (Phi) is 8.62. The maximum Gasteiger partial charge on any atom is 0.303 e. The first-order chi connectivity index (χ1) is 17.0. The second-order valence-electron chi connectivity index (χ2n) is 8.91. The van der Waals surface area contributed by atoms with Gasteiger partial charge in [-0.05, 0) is 62.6 Å². The summed E-state index contributed by atoms with van der Waals surface area (Å²) >= 11 is 2.91. The predicted octanol–water partition coefficient (Wildman–Crippen LogP) is 4.88. The van der Waals surface area contributed by atoms with Gasteiger partial charge in [-0.2, -0.15) is 0 Å². The number of aromatic nitrogens is 2. The summed E-state index contributed by atoms with van der Waals surface area (Å²) in [6.45, 7) is 2.49. The smallest absolute Gasteiger partial charge is 0.303 e. The minimum atomic E-state index is -0.795. The number of benzene rings is 1. The molecule has 3 aromatic rings. The second-order valence-corrected chi connectivity index (χ2v) is 10.9. The van der Waals surface area contributed by atoms with Crippen molar-refractivity contribution in [1.82, 2.24) is 14.9 Å². The molecule has 7 nitrogen and oxygen atoms in total. The number of carbonyl (C=O) groups is 2. The number of aliphatic carboxylic acids is 1. The molecule has 0 fully saturated rings. The van der Waals surface area contributed by atoms with Gasteiger partial charge in [0.05, 0.1) is 16.8 Å². The molecule has 0 unspecified atom stereocenters. The molecule has 1 amide bonds. The van der Waals surface area contributed by atoms with E-state index in [0.717, 1.165) is 60.0 Å². The molecule has 4 rings (SSSR count). The molecule has 186 valence electrons. The van der Waals surface area contributed by atoms with Crippen LogP contribution in [0.5, 0.6) is 0 Å². The average molecular weight is 514 g/mol. The first-order valence-electron chi connectivity index (χ1n) is 12.2. The number of amides is 1. The molecule has 1 aromatic carbocycles. The summed E-state index contributed by atoms with van der Waals surface area (Å²) in [5, 5.41) is 12.9. The van der Waals surface area contributed by atoms with E-state index >= 15 is 0 Å². The van der Waals surface area contributed by atoms with E-state index in [2.05, 4.69) is 5.32 Å². The van der Waals surface area contributed by atoms with Gasteiger partial charge in [-0.3, -0.25) is 19.0 Å². The highest BCUT2D eigenvalue weighted by Gasteiger charge is 2.23. The van der Waals surface area contributed by atoms with E-state index in [-0.39, 0.29) is 23.6 Å². The Morgan fingerprint density at radius 3 is 2.74 bits per heavy atom. The lowest BCUT2D eigenvalue weighted by atomic mass is 10.1. The normalized spacial score (nSPS) is 13.4. The Hall–Kier alpha value is -2.65. The van der Waals surface area contributed by atoms with Crippen LogP contribution in [0.2, 0.25) is 0 Å². The van der Waals surface area contributed by atoms with Gasteiger partial charge >= 0.3 is 5.97 Å². The van der Waals surface area contributed by atoms with Crippen molar-refractivity contribution in [1.29, 1.82) is 0 Å². The Bertz CT molecular complexity index is 1280. The fraction of sp³-hybridized carbons (Fsp3) is 0.462. The lowest BCUT2D eigenvalue weighted by Crippen LogP contribution is -2.27. The van der Waals surface area contributed by atoms with E-state index in [1.54, 1.807) is 15.9 Å². The summed E-state index contributed by atoms with van der Waals surface area (Å²) in [6, 6.07) is 7.77. The summed E-state index contributed by atoms with van der Waals surface area (Å²) in [4.78, 5) is 43.9. The van der Waals surface area contributed by atoms with Crippen LogP contribution < -0.4 is 10.9 Å². The highest BCUT2D eigenvalue weighted by molar-refractivity contribution is 7.99. The molecule has 0 bridgehead atoms. The summed E-state index contributed by atoms with van der Waals surface area (Å²) in [6.07, 6.45) is 7.59. The molecule has 0 radical (unpaired) electrons. The van der Waals surface area contributed by atoms with Crippen LogP contribution >= 0.6 is 23.1 Å². The quantitative estimate of drug-likeness (QED) is 0.173. The zero-order chi connectivity index (χ0) is 24.8. The monoisotopic (exact) mass is 513 g/mol. The van der Waals surface area contributed by atoms with Gasteiger partial charge in [-0.15, -0.1) is 11.3 Å². The summed E-state index contributed by atoms with van der Waals surface area (Å²) in [7, 11) is 0. The van der Waals surface area contributed by atoms with Crippen LogP contribution in [0, 0.1) is 6.92 Å². The fourth-order valence-electron chi connectivity index (χ4n) is 4.47. The van der Waals surface area contributed by atoms with Crippen LogP contribution in [0.15, 0.2) is 34.2 Å². The van der Waals surface area contributed by atoms with Gasteiger partial charge in [0.1, 0.15) is 4.83 Å². The first kappa shape index (κ1) is 25.4. The average Bonchev–Trinajstić information content (AvgIpc) is 3.01. The lowest BCUT2D eigenvalue weighted by Gasteiger charge is -2.14. The molecule has 35 heavy (non-hydrogen) atoms. The van der Waals surface area contributed by atoms with Crippen LogP contribution in [0.4, 0.5) is 0 Å². The minimum Gasteiger partial charge on any atom is -0.481 e. The highest BCUT2D eigenvalue weighted by Crippen LogP contribution is 2.34. The zero-order valence-corrected chi connectivity index (χ0v) is 21.6. The SMILES string of the molecule is Cc1ccccc1-n1c(SCC(=O)NCCCCCC(=O)O)nc2sc3c(c2c1=O)CCCCC3. The van der Waals surface area contributed by atoms with E-state index < -0.39 is 5.97 Å². The van der Waals surface area contributed by atoms with E-state index in [0.29, 0.717) is 18.1 Å². The standard InChI is InChI=1S/C26H31N3O4S2/c1-17-10-7-8-12-19(17)29-25(33)23-18-11-4-2-5-13-20(18)35-24(23)28-26(29)34-16-21(30)27-15-9-3-6-14-22(31)32/h7-8,10,12H,2-6,9,11,13-16H2,1H3,(H,27,30)(H,31,32). The molecule has 1 aliphatic carbocycles. The van der Waals surface area contributed by atoms with Crippen LogP contribution in [-0.4, -0.2) is 38.8 Å². The van der Waals surface area contributed by atoms with Gasteiger partial charge in [0.2, 0.25) is 5.91 Å². The number of thiophene rings is 1. The number of thioether (sulfide) groups is 1. The van der Waals surface area contributed by atoms with Crippen LogP contribution in [0.25, 0.3) is 15.9 Å². The number of fused-ring (bicyclic) bond motifs is 3. The van der Waals surface area contributed by atoms with Crippen molar-refractivity contribution in [3.63, 3.8) is 0 Å². The molecule has 2 N–H and O–H groups in total. The molecule has 2 heterocycles. The number of carboxylic acids is 1. The van der Waals surface area contributed by atoms with Gasteiger partial charge in [0, 0.05) is 17.8 Å². The van der Waals surface area contributed by atoms with Gasteiger partial charge in [-0.25, -0.2) is 4.98 Å². The Labute approximate surface area is 213 Å². The summed E-state index contributed by atoms with van der Waals surface area (Å²) in [5.41, 5.74) is 2.89. The summed E-state index contributed by atoms with van der Waals surface area (Å²) in [5.74, 6) is -0.762. The van der Waals surface area contributed by atoms with Crippen LogP contribution in [0.1, 0.15) is 60.9 Å². The van der Waals surface area contributed by atoms with Crippen LogP contribution in [0.3, 0.4) is 0 Å². The Morgan fingerprint density at radius 2 is 1.94 bits per heavy atom. The summed E-state index contributed by atoms with van der Waals surface area (Å²) < 4.78 is 1.68. The molecular weight excluding hydrogens is 482 g/mol.